The largest absolute Gasteiger partial charge is 0.493 e. The average molecular weight is 284 g/mol. The Labute approximate surface area is 122 Å². The van der Waals surface area contributed by atoms with Crippen LogP contribution in [0.25, 0.3) is 0 Å². The molecule has 1 aromatic rings. The van der Waals surface area contributed by atoms with Crippen molar-refractivity contribution in [3.8, 4) is 23.3 Å². The van der Waals surface area contributed by atoms with Crippen molar-refractivity contribution in [2.45, 2.75) is 19.8 Å². The lowest BCUT2D eigenvalue weighted by molar-refractivity contribution is 0.331. The number of hydrogen-bond donors (Lipinski definition) is 1. The summed E-state index contributed by atoms with van der Waals surface area (Å²) in [4.78, 5) is 0. The maximum atomic E-state index is 5.53. The smallest absolute Gasteiger partial charge is 0.162 e. The number of halogens is 1. The SMILES string of the molecule is CCCCNCC#CCOc1ccccc1OC.Cl. The molecule has 0 amide bonds. The molecule has 0 spiro atoms. The molecule has 0 radical (unpaired) electrons. The summed E-state index contributed by atoms with van der Waals surface area (Å²) >= 11 is 0. The molecular formula is C15H22ClNO2. The van der Waals surface area contributed by atoms with Crippen LogP contribution in [0.1, 0.15) is 19.8 Å². The molecule has 4 heteroatoms. The molecular weight excluding hydrogens is 262 g/mol. The average Bonchev–Trinajstić information content (AvgIpc) is 2.42. The second-order valence-electron chi connectivity index (χ2n) is 3.82. The molecule has 0 heterocycles. The quantitative estimate of drug-likeness (QED) is 0.617. The van der Waals surface area contributed by atoms with E-state index in [0.717, 1.165) is 24.6 Å². The Balaban J connectivity index is 0.00000324. The Morgan fingerprint density at radius 3 is 2.58 bits per heavy atom. The zero-order valence-corrected chi connectivity index (χ0v) is 12.4. The van der Waals surface area contributed by atoms with Gasteiger partial charge < -0.3 is 14.8 Å². The Morgan fingerprint density at radius 2 is 1.89 bits per heavy atom. The van der Waals surface area contributed by atoms with Crippen molar-refractivity contribution in [1.29, 1.82) is 0 Å². The van der Waals surface area contributed by atoms with E-state index in [1.165, 1.54) is 12.8 Å². The van der Waals surface area contributed by atoms with Crippen molar-refractivity contribution in [2.24, 2.45) is 0 Å². The van der Waals surface area contributed by atoms with Gasteiger partial charge in [0.2, 0.25) is 0 Å². The molecule has 106 valence electrons. The van der Waals surface area contributed by atoms with E-state index in [9.17, 15) is 0 Å². The van der Waals surface area contributed by atoms with Crippen LogP contribution in [-0.4, -0.2) is 26.8 Å². The third-order valence-electron chi connectivity index (χ3n) is 2.41. The van der Waals surface area contributed by atoms with Crippen LogP contribution in [0.4, 0.5) is 0 Å². The number of benzene rings is 1. The van der Waals surface area contributed by atoms with Crippen LogP contribution in [-0.2, 0) is 0 Å². The molecule has 19 heavy (non-hydrogen) atoms. The molecule has 0 bridgehead atoms. The second-order valence-corrected chi connectivity index (χ2v) is 3.82. The number of hydrogen-bond acceptors (Lipinski definition) is 3. The first-order chi connectivity index (χ1) is 8.88. The van der Waals surface area contributed by atoms with E-state index in [0.29, 0.717) is 6.61 Å². The minimum absolute atomic E-state index is 0. The number of ether oxygens (including phenoxy) is 2. The zero-order valence-electron chi connectivity index (χ0n) is 11.6. The molecule has 0 aliphatic heterocycles. The first kappa shape index (κ1) is 17.6. The van der Waals surface area contributed by atoms with Gasteiger partial charge in [0.25, 0.3) is 0 Å². The van der Waals surface area contributed by atoms with Crippen LogP contribution < -0.4 is 14.8 Å². The molecule has 1 N–H and O–H groups in total. The lowest BCUT2D eigenvalue weighted by atomic mass is 10.3. The number of nitrogens with one attached hydrogen (secondary N) is 1. The van der Waals surface area contributed by atoms with Gasteiger partial charge in [0.1, 0.15) is 6.61 Å². The molecule has 0 fully saturated rings. The molecule has 1 rings (SSSR count). The van der Waals surface area contributed by atoms with Gasteiger partial charge in [-0.1, -0.05) is 37.3 Å². The van der Waals surface area contributed by atoms with Gasteiger partial charge in [0, 0.05) is 0 Å². The number of methoxy groups -OCH3 is 1. The molecule has 3 nitrogen and oxygen atoms in total. The Kier molecular flexibility index (Phi) is 10.9. The van der Waals surface area contributed by atoms with Crippen molar-refractivity contribution in [3.63, 3.8) is 0 Å². The summed E-state index contributed by atoms with van der Waals surface area (Å²) < 4.78 is 10.7. The fourth-order valence-corrected chi connectivity index (χ4v) is 1.42. The van der Waals surface area contributed by atoms with Crippen LogP contribution in [0.15, 0.2) is 24.3 Å². The van der Waals surface area contributed by atoms with Crippen molar-refractivity contribution in [1.82, 2.24) is 5.32 Å². The predicted molar refractivity (Wildman–Crippen MR) is 81.3 cm³/mol. The highest BCUT2D eigenvalue weighted by Gasteiger charge is 1.99. The maximum absolute atomic E-state index is 5.53. The topological polar surface area (TPSA) is 30.5 Å². The van der Waals surface area contributed by atoms with Gasteiger partial charge in [-0.3, -0.25) is 0 Å². The Bertz CT molecular complexity index is 399. The Hall–Kier alpha value is -1.37. The highest BCUT2D eigenvalue weighted by atomic mass is 35.5. The van der Waals surface area contributed by atoms with Gasteiger partial charge in [0.15, 0.2) is 11.5 Å². The van der Waals surface area contributed by atoms with E-state index in [2.05, 4.69) is 24.1 Å². The third kappa shape index (κ3) is 7.61. The predicted octanol–water partition coefficient (Wildman–Crippen LogP) is 2.89. The summed E-state index contributed by atoms with van der Waals surface area (Å²) in [5.41, 5.74) is 0. The van der Waals surface area contributed by atoms with E-state index in [4.69, 9.17) is 9.47 Å². The minimum Gasteiger partial charge on any atom is -0.493 e. The zero-order chi connectivity index (χ0) is 13.1. The number of rotatable bonds is 7. The van der Waals surface area contributed by atoms with Gasteiger partial charge in [0.05, 0.1) is 13.7 Å². The molecule has 0 aliphatic carbocycles. The summed E-state index contributed by atoms with van der Waals surface area (Å²) in [6.07, 6.45) is 2.40. The fourth-order valence-electron chi connectivity index (χ4n) is 1.42. The summed E-state index contributed by atoms with van der Waals surface area (Å²) in [6.45, 7) is 4.30. The van der Waals surface area contributed by atoms with Gasteiger partial charge in [-0.05, 0) is 25.1 Å². The van der Waals surface area contributed by atoms with Crippen LogP contribution >= 0.6 is 12.4 Å². The molecule has 0 atom stereocenters. The minimum atomic E-state index is 0. The molecule has 0 saturated heterocycles. The first-order valence-corrected chi connectivity index (χ1v) is 6.30. The lowest BCUT2D eigenvalue weighted by Gasteiger charge is -2.07. The van der Waals surface area contributed by atoms with Gasteiger partial charge in [-0.2, -0.15) is 0 Å². The van der Waals surface area contributed by atoms with E-state index in [1.807, 2.05) is 24.3 Å². The van der Waals surface area contributed by atoms with Gasteiger partial charge >= 0.3 is 0 Å². The number of para-hydroxylation sites is 2. The Morgan fingerprint density at radius 1 is 1.16 bits per heavy atom. The van der Waals surface area contributed by atoms with E-state index >= 15 is 0 Å². The molecule has 0 saturated carbocycles. The normalized spacial score (nSPS) is 8.95. The summed E-state index contributed by atoms with van der Waals surface area (Å²) in [7, 11) is 1.63. The standard InChI is InChI=1S/C15H21NO2.ClH/c1-3-4-11-16-12-7-8-13-18-15-10-6-5-9-14(15)17-2;/h5-6,9-10,16H,3-4,11-13H2,1-2H3;1H. The second kappa shape index (κ2) is 11.7. The van der Waals surface area contributed by atoms with Crippen molar-refractivity contribution in [2.75, 3.05) is 26.8 Å². The van der Waals surface area contributed by atoms with Crippen LogP contribution in [0.3, 0.4) is 0 Å². The molecule has 0 unspecified atom stereocenters. The van der Waals surface area contributed by atoms with E-state index < -0.39 is 0 Å². The fraction of sp³-hybridized carbons (Fsp3) is 0.467. The van der Waals surface area contributed by atoms with Crippen LogP contribution in [0, 0.1) is 11.8 Å². The van der Waals surface area contributed by atoms with Crippen molar-refractivity contribution >= 4 is 12.4 Å². The molecule has 0 aliphatic rings. The molecule has 1 aromatic carbocycles. The van der Waals surface area contributed by atoms with Gasteiger partial charge in [-0.25, -0.2) is 0 Å². The van der Waals surface area contributed by atoms with Crippen molar-refractivity contribution in [3.05, 3.63) is 24.3 Å². The van der Waals surface area contributed by atoms with Crippen LogP contribution in [0.5, 0.6) is 11.5 Å². The van der Waals surface area contributed by atoms with E-state index in [1.54, 1.807) is 7.11 Å². The van der Waals surface area contributed by atoms with E-state index in [-0.39, 0.29) is 12.4 Å². The molecule has 0 aromatic heterocycles. The summed E-state index contributed by atoms with van der Waals surface area (Å²) in [6, 6.07) is 7.57. The monoisotopic (exact) mass is 283 g/mol. The summed E-state index contributed by atoms with van der Waals surface area (Å²) in [5, 5.41) is 3.25. The summed E-state index contributed by atoms with van der Waals surface area (Å²) in [5.74, 6) is 7.46. The van der Waals surface area contributed by atoms with Gasteiger partial charge in [-0.15, -0.1) is 12.4 Å². The lowest BCUT2D eigenvalue weighted by Crippen LogP contribution is -2.15. The van der Waals surface area contributed by atoms with Crippen LogP contribution in [0.2, 0.25) is 0 Å². The number of unbranched alkanes of at least 4 members (excludes halogenated alkanes) is 1. The van der Waals surface area contributed by atoms with Crippen molar-refractivity contribution < 1.29 is 9.47 Å². The highest BCUT2D eigenvalue weighted by Crippen LogP contribution is 2.25. The third-order valence-corrected chi connectivity index (χ3v) is 2.41. The maximum Gasteiger partial charge on any atom is 0.162 e. The highest BCUT2D eigenvalue weighted by molar-refractivity contribution is 5.85. The first-order valence-electron chi connectivity index (χ1n) is 6.30.